The van der Waals surface area contributed by atoms with Crippen LogP contribution in [0.25, 0.3) is 0 Å². The maximum absolute atomic E-state index is 14.8. The highest BCUT2D eigenvalue weighted by atomic mass is 16.5. The summed E-state index contributed by atoms with van der Waals surface area (Å²) >= 11 is 0. The number of para-hydroxylation sites is 1. The summed E-state index contributed by atoms with van der Waals surface area (Å²) in [6.45, 7) is 6.39. The quantitative estimate of drug-likeness (QED) is 0.478. The molecule has 0 aromatic heterocycles. The molecule has 0 saturated carbocycles. The van der Waals surface area contributed by atoms with Crippen molar-refractivity contribution in [3.05, 3.63) is 90.5 Å². The number of ether oxygens (including phenoxy) is 1. The van der Waals surface area contributed by atoms with Crippen LogP contribution in [-0.2, 0) is 25.5 Å². The van der Waals surface area contributed by atoms with Gasteiger partial charge in [-0.05, 0) is 44.4 Å². The Morgan fingerprint density at radius 1 is 0.907 bits per heavy atom. The zero-order chi connectivity index (χ0) is 30.4. The Morgan fingerprint density at radius 3 is 2.26 bits per heavy atom. The Balaban J connectivity index is 1.48. The summed E-state index contributed by atoms with van der Waals surface area (Å²) in [4.78, 5) is 49.1. The van der Waals surface area contributed by atoms with Gasteiger partial charge >= 0.3 is 0 Å². The highest BCUT2D eigenvalue weighted by Crippen LogP contribution is 2.58. The van der Waals surface area contributed by atoms with Crippen molar-refractivity contribution in [1.29, 1.82) is 0 Å². The fourth-order valence-electron chi connectivity index (χ4n) is 7.82. The van der Waals surface area contributed by atoms with Crippen LogP contribution in [0.1, 0.15) is 39.2 Å². The summed E-state index contributed by atoms with van der Waals surface area (Å²) in [5.74, 6) is -2.53. The molecule has 1 N–H and O–H groups in total. The number of aliphatic hydroxyl groups excluding tert-OH is 1. The Bertz CT molecular complexity index is 1430. The average molecular weight is 584 g/mol. The van der Waals surface area contributed by atoms with Crippen molar-refractivity contribution in [3.8, 4) is 0 Å². The first-order chi connectivity index (χ1) is 20.8. The summed E-state index contributed by atoms with van der Waals surface area (Å²) in [6.07, 6.45) is 9.72. The van der Waals surface area contributed by atoms with Crippen molar-refractivity contribution in [1.82, 2.24) is 9.80 Å². The van der Waals surface area contributed by atoms with Crippen LogP contribution in [0.5, 0.6) is 0 Å². The van der Waals surface area contributed by atoms with Gasteiger partial charge in [-0.1, -0.05) is 86.2 Å². The third-order valence-corrected chi connectivity index (χ3v) is 9.75. The molecule has 2 aromatic rings. The number of amides is 3. The van der Waals surface area contributed by atoms with E-state index >= 15 is 0 Å². The van der Waals surface area contributed by atoms with Crippen molar-refractivity contribution in [2.45, 2.75) is 69.4 Å². The molecule has 0 bridgehead atoms. The van der Waals surface area contributed by atoms with Gasteiger partial charge in [0.2, 0.25) is 17.7 Å². The number of fused-ring (bicyclic) bond motifs is 2. The van der Waals surface area contributed by atoms with Crippen LogP contribution in [-0.4, -0.2) is 81.7 Å². The molecule has 7 atom stereocenters. The van der Waals surface area contributed by atoms with E-state index in [2.05, 4.69) is 6.92 Å². The molecule has 4 aliphatic rings. The molecular formula is C35H41N3O5. The van der Waals surface area contributed by atoms with Gasteiger partial charge in [-0.25, -0.2) is 0 Å². The molecule has 8 heteroatoms. The van der Waals surface area contributed by atoms with Gasteiger partial charge in [0, 0.05) is 24.8 Å². The highest BCUT2D eigenvalue weighted by molar-refractivity contribution is 6.04. The topological polar surface area (TPSA) is 90.4 Å². The lowest BCUT2D eigenvalue weighted by Gasteiger charge is -2.41. The van der Waals surface area contributed by atoms with Gasteiger partial charge in [-0.2, -0.15) is 0 Å². The lowest BCUT2D eigenvalue weighted by Crippen LogP contribution is -2.60. The molecule has 4 heterocycles. The van der Waals surface area contributed by atoms with E-state index in [1.807, 2.05) is 104 Å². The Morgan fingerprint density at radius 2 is 1.58 bits per heavy atom. The standard InChI is InChI=1S/C35H41N3O5/c1-4-13-24(2)36-20-12-19-35-29(28-31(40)37(26-16-9-6-10-17-26)21-11-18-34(28,3)43-35)32(41)38(30(35)33(36)42)27(23-39)22-25-14-7-5-8-15-25/h5-12,14-19,24,27-30,39H,4,13,20-23H2,1-3H3/t24?,27-,28-,29+,30?,34+,35+/m1/s1. The first-order valence-electron chi connectivity index (χ1n) is 15.4. The van der Waals surface area contributed by atoms with E-state index in [4.69, 9.17) is 4.74 Å². The molecule has 6 rings (SSSR count). The molecule has 8 nitrogen and oxygen atoms in total. The predicted octanol–water partition coefficient (Wildman–Crippen LogP) is 3.75. The van der Waals surface area contributed by atoms with E-state index < -0.39 is 35.1 Å². The molecule has 0 aliphatic carbocycles. The molecular weight excluding hydrogens is 542 g/mol. The third kappa shape index (κ3) is 4.71. The second-order valence-electron chi connectivity index (χ2n) is 12.5. The summed E-state index contributed by atoms with van der Waals surface area (Å²) in [7, 11) is 0. The zero-order valence-electron chi connectivity index (χ0n) is 25.1. The van der Waals surface area contributed by atoms with Crippen LogP contribution in [0.2, 0.25) is 0 Å². The number of hydrogen-bond donors (Lipinski definition) is 1. The van der Waals surface area contributed by atoms with Crippen LogP contribution in [0.4, 0.5) is 5.69 Å². The Kier molecular flexibility index (Phi) is 7.77. The van der Waals surface area contributed by atoms with Crippen molar-refractivity contribution >= 4 is 23.4 Å². The number of benzene rings is 2. The molecule has 3 amide bonds. The van der Waals surface area contributed by atoms with Gasteiger partial charge in [0.25, 0.3) is 0 Å². The Labute approximate surface area is 253 Å². The van der Waals surface area contributed by atoms with Gasteiger partial charge < -0.3 is 24.5 Å². The maximum Gasteiger partial charge on any atom is 0.249 e. The highest BCUT2D eigenvalue weighted by Gasteiger charge is 2.75. The lowest BCUT2D eigenvalue weighted by molar-refractivity contribution is -0.155. The number of anilines is 1. The normalized spacial score (nSPS) is 31.4. The smallest absolute Gasteiger partial charge is 0.249 e. The molecule has 4 aliphatic heterocycles. The molecule has 0 radical (unpaired) electrons. The monoisotopic (exact) mass is 583 g/mol. The van der Waals surface area contributed by atoms with Crippen molar-refractivity contribution in [2.75, 3.05) is 24.6 Å². The number of carbonyl (C=O) groups is 3. The molecule has 1 spiro atoms. The number of likely N-dealkylation sites (tertiary alicyclic amines) is 1. The van der Waals surface area contributed by atoms with Gasteiger partial charge in [0.1, 0.15) is 11.6 Å². The molecule has 2 aromatic carbocycles. The molecule has 226 valence electrons. The summed E-state index contributed by atoms with van der Waals surface area (Å²) < 4.78 is 6.97. The fourth-order valence-corrected chi connectivity index (χ4v) is 7.82. The molecule has 2 fully saturated rings. The predicted molar refractivity (Wildman–Crippen MR) is 164 cm³/mol. The minimum Gasteiger partial charge on any atom is -0.394 e. The number of hydrogen-bond acceptors (Lipinski definition) is 5. The largest absolute Gasteiger partial charge is 0.394 e. The Hall–Kier alpha value is -3.75. The lowest BCUT2D eigenvalue weighted by atomic mass is 9.74. The van der Waals surface area contributed by atoms with E-state index in [1.54, 1.807) is 9.80 Å². The van der Waals surface area contributed by atoms with Crippen LogP contribution in [0.15, 0.2) is 85.0 Å². The summed E-state index contributed by atoms with van der Waals surface area (Å²) in [5, 5.41) is 10.7. The van der Waals surface area contributed by atoms with E-state index in [-0.39, 0.29) is 30.4 Å². The minimum absolute atomic E-state index is 0.0485. The average Bonchev–Trinajstić information content (AvgIpc) is 3.28. The van der Waals surface area contributed by atoms with Crippen molar-refractivity contribution in [3.63, 3.8) is 0 Å². The number of carbonyl (C=O) groups excluding carboxylic acids is 3. The van der Waals surface area contributed by atoms with Gasteiger partial charge in [0.05, 0.1) is 30.1 Å². The van der Waals surface area contributed by atoms with E-state index in [0.29, 0.717) is 19.5 Å². The van der Waals surface area contributed by atoms with Crippen LogP contribution in [0.3, 0.4) is 0 Å². The number of rotatable bonds is 8. The van der Waals surface area contributed by atoms with Gasteiger partial charge in [-0.3, -0.25) is 14.4 Å². The second kappa shape index (κ2) is 11.4. The van der Waals surface area contributed by atoms with Crippen molar-refractivity contribution < 1.29 is 24.2 Å². The van der Waals surface area contributed by atoms with Crippen LogP contribution in [0, 0.1) is 11.8 Å². The van der Waals surface area contributed by atoms with Gasteiger partial charge in [-0.15, -0.1) is 0 Å². The molecule has 43 heavy (non-hydrogen) atoms. The second-order valence-corrected chi connectivity index (χ2v) is 12.5. The molecule has 2 unspecified atom stereocenters. The minimum atomic E-state index is -1.36. The van der Waals surface area contributed by atoms with Gasteiger partial charge in [0.15, 0.2) is 0 Å². The van der Waals surface area contributed by atoms with E-state index in [9.17, 15) is 19.5 Å². The summed E-state index contributed by atoms with van der Waals surface area (Å²) in [6, 6.07) is 17.4. The fraction of sp³-hybridized carbons (Fsp3) is 0.457. The third-order valence-electron chi connectivity index (χ3n) is 9.75. The zero-order valence-corrected chi connectivity index (χ0v) is 25.1. The first-order valence-corrected chi connectivity index (χ1v) is 15.4. The number of nitrogens with zero attached hydrogens (tertiary/aromatic N) is 3. The van der Waals surface area contributed by atoms with Crippen molar-refractivity contribution in [2.24, 2.45) is 11.8 Å². The van der Waals surface area contributed by atoms with E-state index in [0.717, 1.165) is 24.1 Å². The van der Waals surface area contributed by atoms with Crippen LogP contribution < -0.4 is 4.90 Å². The first kappa shape index (κ1) is 29.3. The summed E-state index contributed by atoms with van der Waals surface area (Å²) in [5.41, 5.74) is -0.778. The SMILES string of the molecule is CCCC(C)N1CC=C[C@]23O[C@@]4(C)C=CCN(c5ccccc5)C(=O)[C@H]4[C@H]2C(=O)N([C@@H](CO)Cc2ccccc2)C3C1=O. The van der Waals surface area contributed by atoms with E-state index in [1.165, 1.54) is 0 Å². The molecule has 2 saturated heterocycles. The van der Waals surface area contributed by atoms with Crippen LogP contribution >= 0.6 is 0 Å². The number of aliphatic hydroxyl groups is 1. The maximum atomic E-state index is 14.8.